The molecule has 1 aliphatic heterocycles. The second-order valence-corrected chi connectivity index (χ2v) is 7.00. The Morgan fingerprint density at radius 3 is 2.83 bits per heavy atom. The lowest BCUT2D eigenvalue weighted by atomic mass is 10.1. The molecule has 0 radical (unpaired) electrons. The number of aromatic nitrogens is 3. The van der Waals surface area contributed by atoms with Crippen LogP contribution in [0, 0.1) is 0 Å². The third-order valence-electron chi connectivity index (χ3n) is 4.67. The summed E-state index contributed by atoms with van der Waals surface area (Å²) < 4.78 is 2.12. The summed E-state index contributed by atoms with van der Waals surface area (Å²) >= 11 is 1.72. The first-order chi connectivity index (χ1) is 11.7. The molecule has 3 heterocycles. The lowest BCUT2D eigenvalue weighted by molar-refractivity contribution is 0.287. The van der Waals surface area contributed by atoms with E-state index < -0.39 is 0 Å². The number of nitrogens with two attached hydrogens (primary N) is 1. The maximum Gasteiger partial charge on any atom is 0.104 e. The molecule has 3 aromatic rings. The Hall–Kier alpha value is -2.05. The highest BCUT2D eigenvalue weighted by atomic mass is 32.2. The van der Waals surface area contributed by atoms with E-state index in [2.05, 4.69) is 34.5 Å². The highest BCUT2D eigenvalue weighted by Gasteiger charge is 2.25. The van der Waals surface area contributed by atoms with Gasteiger partial charge in [0.15, 0.2) is 0 Å². The predicted octanol–water partition coefficient (Wildman–Crippen LogP) is 3.49. The van der Waals surface area contributed by atoms with Crippen molar-refractivity contribution < 1.29 is 0 Å². The Labute approximate surface area is 145 Å². The fourth-order valence-corrected chi connectivity index (χ4v) is 4.36. The molecule has 4 rings (SSSR count). The van der Waals surface area contributed by atoms with Gasteiger partial charge >= 0.3 is 0 Å². The van der Waals surface area contributed by atoms with Crippen molar-refractivity contribution in [2.75, 3.05) is 25.4 Å². The number of hydrogen-bond donors (Lipinski definition) is 1. The van der Waals surface area contributed by atoms with Gasteiger partial charge in [0.2, 0.25) is 0 Å². The smallest absolute Gasteiger partial charge is 0.104 e. The van der Waals surface area contributed by atoms with Crippen molar-refractivity contribution in [2.24, 2.45) is 0 Å². The van der Waals surface area contributed by atoms with E-state index in [1.54, 1.807) is 11.8 Å². The third-order valence-corrected chi connectivity index (χ3v) is 5.89. The van der Waals surface area contributed by atoms with Crippen LogP contribution in [-0.4, -0.2) is 39.3 Å². The number of fused-ring (bicyclic) bond motifs is 2. The second kappa shape index (κ2) is 6.11. The lowest BCUT2D eigenvalue weighted by Crippen LogP contribution is -2.27. The fraction of sp³-hybridized carbons (Fsp3) is 0.333. The molecule has 2 N–H and O–H groups in total. The summed E-state index contributed by atoms with van der Waals surface area (Å²) in [7, 11) is 0. The van der Waals surface area contributed by atoms with Crippen LogP contribution in [0.15, 0.2) is 40.4 Å². The highest BCUT2D eigenvalue weighted by molar-refractivity contribution is 8.00. The predicted molar refractivity (Wildman–Crippen MR) is 99.3 cm³/mol. The van der Waals surface area contributed by atoms with Crippen molar-refractivity contribution in [1.29, 1.82) is 0 Å². The van der Waals surface area contributed by atoms with Crippen LogP contribution in [-0.2, 0) is 6.54 Å². The molecule has 0 bridgehead atoms. The quantitative estimate of drug-likeness (QED) is 0.564. The first kappa shape index (κ1) is 15.5. The number of pyridine rings is 1. The van der Waals surface area contributed by atoms with Crippen molar-refractivity contribution in [2.45, 2.75) is 30.2 Å². The van der Waals surface area contributed by atoms with Crippen molar-refractivity contribution in [1.82, 2.24) is 19.7 Å². The topological polar surface area (TPSA) is 60.0 Å². The van der Waals surface area contributed by atoms with Gasteiger partial charge in [0.25, 0.3) is 0 Å². The van der Waals surface area contributed by atoms with Crippen LogP contribution in [0.4, 0.5) is 5.69 Å². The molecule has 0 atom stereocenters. The molecule has 0 aliphatic carbocycles. The van der Waals surface area contributed by atoms with Crippen LogP contribution in [0.25, 0.3) is 22.2 Å². The highest BCUT2D eigenvalue weighted by Crippen LogP contribution is 2.49. The molecule has 6 heteroatoms. The monoisotopic (exact) mass is 339 g/mol. The summed E-state index contributed by atoms with van der Waals surface area (Å²) in [6.45, 7) is 8.38. The zero-order chi connectivity index (χ0) is 16.7. The normalized spacial score (nSPS) is 12.8. The van der Waals surface area contributed by atoms with E-state index in [0.29, 0.717) is 0 Å². The van der Waals surface area contributed by atoms with E-state index >= 15 is 0 Å². The molecule has 1 aliphatic rings. The van der Waals surface area contributed by atoms with Gasteiger partial charge in [-0.3, -0.25) is 9.67 Å². The zero-order valence-corrected chi connectivity index (χ0v) is 14.8. The molecule has 1 aromatic carbocycles. The van der Waals surface area contributed by atoms with Crippen molar-refractivity contribution >= 4 is 28.4 Å². The summed E-state index contributed by atoms with van der Waals surface area (Å²) in [5, 5.41) is 6.09. The Kier molecular flexibility index (Phi) is 3.94. The summed E-state index contributed by atoms with van der Waals surface area (Å²) in [5.74, 6) is 0. The Balaban J connectivity index is 1.84. The summed E-state index contributed by atoms with van der Waals surface area (Å²) in [4.78, 5) is 8.99. The van der Waals surface area contributed by atoms with Gasteiger partial charge in [-0.1, -0.05) is 25.6 Å². The lowest BCUT2D eigenvalue weighted by Gasteiger charge is -2.18. The van der Waals surface area contributed by atoms with Crippen LogP contribution >= 0.6 is 11.8 Å². The SMILES string of the molecule is CCN(CC)CCn1nc2c3c(c(N)ccc31)Sc1ccncc1-2. The average Bonchev–Trinajstić information content (AvgIpc) is 2.99. The Bertz CT molecular complexity index is 898. The Morgan fingerprint density at radius 2 is 2.04 bits per heavy atom. The van der Waals surface area contributed by atoms with E-state index in [0.717, 1.165) is 53.5 Å². The van der Waals surface area contributed by atoms with E-state index in [4.69, 9.17) is 10.8 Å². The number of rotatable bonds is 5. The molecule has 0 fully saturated rings. The van der Waals surface area contributed by atoms with E-state index in [1.165, 1.54) is 10.3 Å². The minimum atomic E-state index is 0.819. The molecule has 0 amide bonds. The van der Waals surface area contributed by atoms with Crippen molar-refractivity contribution in [3.63, 3.8) is 0 Å². The van der Waals surface area contributed by atoms with E-state index in [9.17, 15) is 0 Å². The number of anilines is 1. The van der Waals surface area contributed by atoms with Gasteiger partial charge in [-0.05, 0) is 31.3 Å². The third kappa shape index (κ3) is 2.37. The van der Waals surface area contributed by atoms with Crippen LogP contribution in [0.5, 0.6) is 0 Å². The molecule has 24 heavy (non-hydrogen) atoms. The maximum absolute atomic E-state index is 6.25. The van der Waals surface area contributed by atoms with Gasteiger partial charge < -0.3 is 10.6 Å². The minimum Gasteiger partial charge on any atom is -0.398 e. The van der Waals surface area contributed by atoms with Gasteiger partial charge in [0.05, 0.1) is 12.1 Å². The molecule has 0 spiro atoms. The minimum absolute atomic E-state index is 0.819. The fourth-order valence-electron chi connectivity index (χ4n) is 3.26. The number of nitrogens with zero attached hydrogens (tertiary/aromatic N) is 4. The van der Waals surface area contributed by atoms with Crippen LogP contribution in [0.3, 0.4) is 0 Å². The number of benzene rings is 1. The first-order valence-corrected chi connectivity index (χ1v) is 9.18. The summed E-state index contributed by atoms with van der Waals surface area (Å²) in [5.41, 5.74) is 10.3. The van der Waals surface area contributed by atoms with Gasteiger partial charge in [-0.15, -0.1) is 0 Å². The van der Waals surface area contributed by atoms with Crippen molar-refractivity contribution in [3.05, 3.63) is 30.6 Å². The van der Waals surface area contributed by atoms with E-state index in [-0.39, 0.29) is 0 Å². The first-order valence-electron chi connectivity index (χ1n) is 8.36. The largest absolute Gasteiger partial charge is 0.398 e. The molecule has 0 saturated carbocycles. The molecular weight excluding hydrogens is 318 g/mol. The zero-order valence-electron chi connectivity index (χ0n) is 14.0. The molecule has 2 aromatic heterocycles. The number of hydrogen-bond acceptors (Lipinski definition) is 5. The molecule has 5 nitrogen and oxygen atoms in total. The van der Waals surface area contributed by atoms with Gasteiger partial charge in [0, 0.05) is 45.4 Å². The molecular formula is C18H21N5S. The van der Waals surface area contributed by atoms with Crippen LogP contribution in [0.1, 0.15) is 13.8 Å². The number of likely N-dealkylation sites (N-methyl/N-ethyl adjacent to an activating group) is 1. The van der Waals surface area contributed by atoms with Crippen LogP contribution in [0.2, 0.25) is 0 Å². The summed E-state index contributed by atoms with van der Waals surface area (Å²) in [6.07, 6.45) is 3.73. The van der Waals surface area contributed by atoms with Gasteiger partial charge in [-0.2, -0.15) is 5.10 Å². The average molecular weight is 339 g/mol. The number of nitrogen functional groups attached to an aromatic ring is 1. The molecule has 0 unspecified atom stereocenters. The molecule has 124 valence electrons. The van der Waals surface area contributed by atoms with Crippen LogP contribution < -0.4 is 5.73 Å². The molecule has 0 saturated heterocycles. The second-order valence-electron chi connectivity index (χ2n) is 5.95. The maximum atomic E-state index is 6.25. The van der Waals surface area contributed by atoms with Crippen molar-refractivity contribution in [3.8, 4) is 11.3 Å². The standard InChI is InChI=1S/C18H21N5S/c1-3-22(4-2)9-10-23-14-6-5-13(19)18-16(14)17(21-23)12-11-20-8-7-15(12)24-18/h5-8,11H,3-4,9-10,19H2,1-2H3. The van der Waals surface area contributed by atoms with E-state index in [1.807, 2.05) is 24.5 Å². The Morgan fingerprint density at radius 1 is 1.21 bits per heavy atom. The van der Waals surface area contributed by atoms with Gasteiger partial charge in [0.1, 0.15) is 5.69 Å². The van der Waals surface area contributed by atoms with Gasteiger partial charge in [-0.25, -0.2) is 0 Å². The summed E-state index contributed by atoms with van der Waals surface area (Å²) in [6, 6.07) is 6.13.